The molecule has 1 heterocycles. The van der Waals surface area contributed by atoms with Crippen LogP contribution in [-0.2, 0) is 16.1 Å². The van der Waals surface area contributed by atoms with Gasteiger partial charge in [0, 0.05) is 25.1 Å². The van der Waals surface area contributed by atoms with Crippen LogP contribution in [0.25, 0.3) is 0 Å². The zero-order valence-corrected chi connectivity index (χ0v) is 13.5. The van der Waals surface area contributed by atoms with Crippen molar-refractivity contribution in [3.63, 3.8) is 0 Å². The minimum Gasteiger partial charge on any atom is -0.480 e. The van der Waals surface area contributed by atoms with Gasteiger partial charge < -0.3 is 15.3 Å². The fourth-order valence-electron chi connectivity index (χ4n) is 2.64. The van der Waals surface area contributed by atoms with Crippen LogP contribution >= 0.6 is 0 Å². The number of carboxylic acid groups (broad SMARTS) is 1. The number of allylic oxidation sites excluding steroid dienone is 1. The molecule has 1 atom stereocenters. The van der Waals surface area contributed by atoms with Crippen LogP contribution in [0, 0.1) is 0 Å². The number of carboxylic acids is 1. The molecule has 1 aromatic carbocycles. The molecule has 1 unspecified atom stereocenters. The van der Waals surface area contributed by atoms with E-state index in [1.54, 1.807) is 35.2 Å². The van der Waals surface area contributed by atoms with Gasteiger partial charge in [0.1, 0.15) is 6.04 Å². The molecular weight excluding hydrogens is 308 g/mol. The van der Waals surface area contributed by atoms with Crippen molar-refractivity contribution < 1.29 is 19.5 Å². The highest BCUT2D eigenvalue weighted by Gasteiger charge is 2.21. The highest BCUT2D eigenvalue weighted by Crippen LogP contribution is 2.15. The Bertz CT molecular complexity index is 624. The first-order chi connectivity index (χ1) is 11.5. The number of amides is 2. The summed E-state index contributed by atoms with van der Waals surface area (Å²) >= 11 is 0. The highest BCUT2D eigenvalue weighted by atomic mass is 16.4. The van der Waals surface area contributed by atoms with Crippen molar-refractivity contribution in [2.75, 3.05) is 6.54 Å². The molecule has 0 spiro atoms. The second-order valence-electron chi connectivity index (χ2n) is 5.85. The number of nitrogens with one attached hydrogen (secondary N) is 1. The van der Waals surface area contributed by atoms with Gasteiger partial charge in [-0.25, -0.2) is 4.79 Å². The predicted molar refractivity (Wildman–Crippen MR) is 89.4 cm³/mol. The Morgan fingerprint density at radius 3 is 2.58 bits per heavy atom. The first kappa shape index (κ1) is 17.7. The molecule has 6 nitrogen and oxygen atoms in total. The molecule has 1 fully saturated rings. The van der Waals surface area contributed by atoms with E-state index in [9.17, 15) is 14.4 Å². The van der Waals surface area contributed by atoms with Crippen LogP contribution in [0.1, 0.15) is 41.6 Å². The Hall–Kier alpha value is -2.63. The van der Waals surface area contributed by atoms with E-state index in [0.29, 0.717) is 31.4 Å². The molecular formula is C18H22N2O4. The van der Waals surface area contributed by atoms with Crippen molar-refractivity contribution in [1.82, 2.24) is 10.2 Å². The molecule has 2 amide bonds. The van der Waals surface area contributed by atoms with Crippen molar-refractivity contribution in [1.29, 1.82) is 0 Å². The van der Waals surface area contributed by atoms with Crippen molar-refractivity contribution in [3.8, 4) is 0 Å². The maximum atomic E-state index is 12.2. The van der Waals surface area contributed by atoms with Crippen molar-refractivity contribution in [2.45, 2.75) is 38.3 Å². The van der Waals surface area contributed by atoms with Crippen LogP contribution in [0.15, 0.2) is 36.9 Å². The van der Waals surface area contributed by atoms with E-state index in [4.69, 9.17) is 5.11 Å². The first-order valence-corrected chi connectivity index (χ1v) is 8.02. The molecule has 2 rings (SSSR count). The summed E-state index contributed by atoms with van der Waals surface area (Å²) in [6.45, 7) is 4.86. The number of carbonyl (C=O) groups excluding carboxylic acids is 2. The zero-order chi connectivity index (χ0) is 17.5. The minimum atomic E-state index is -1.06. The van der Waals surface area contributed by atoms with E-state index in [2.05, 4.69) is 11.9 Å². The lowest BCUT2D eigenvalue weighted by Gasteiger charge is -2.16. The third kappa shape index (κ3) is 4.68. The van der Waals surface area contributed by atoms with Gasteiger partial charge >= 0.3 is 5.97 Å². The molecule has 0 bridgehead atoms. The van der Waals surface area contributed by atoms with Crippen molar-refractivity contribution >= 4 is 17.8 Å². The molecule has 0 aliphatic carbocycles. The number of hydrogen-bond acceptors (Lipinski definition) is 3. The summed E-state index contributed by atoms with van der Waals surface area (Å²) < 4.78 is 0. The van der Waals surface area contributed by atoms with Crippen molar-refractivity contribution in [2.24, 2.45) is 0 Å². The largest absolute Gasteiger partial charge is 0.480 e. The summed E-state index contributed by atoms with van der Waals surface area (Å²) in [6.07, 6.45) is 3.93. The molecule has 0 radical (unpaired) electrons. The normalized spacial score (nSPS) is 15.2. The van der Waals surface area contributed by atoms with E-state index in [1.807, 2.05) is 0 Å². The molecule has 128 valence electrons. The van der Waals surface area contributed by atoms with E-state index < -0.39 is 17.9 Å². The number of carbonyl (C=O) groups is 3. The smallest absolute Gasteiger partial charge is 0.326 e. The third-order valence-corrected chi connectivity index (χ3v) is 4.02. The summed E-state index contributed by atoms with van der Waals surface area (Å²) in [4.78, 5) is 36.8. The monoisotopic (exact) mass is 330 g/mol. The van der Waals surface area contributed by atoms with Gasteiger partial charge in [-0.15, -0.1) is 6.58 Å². The summed E-state index contributed by atoms with van der Waals surface area (Å²) in [5, 5.41) is 11.7. The van der Waals surface area contributed by atoms with E-state index in [-0.39, 0.29) is 5.91 Å². The summed E-state index contributed by atoms with van der Waals surface area (Å²) in [5.74, 6) is -1.33. The molecule has 1 aliphatic heterocycles. The Morgan fingerprint density at radius 2 is 2.04 bits per heavy atom. The Labute approximate surface area is 141 Å². The van der Waals surface area contributed by atoms with Crippen LogP contribution in [0.4, 0.5) is 0 Å². The summed E-state index contributed by atoms with van der Waals surface area (Å²) in [6, 6.07) is 5.95. The minimum absolute atomic E-state index is 0.156. The summed E-state index contributed by atoms with van der Waals surface area (Å²) in [5.41, 5.74) is 1.35. The van der Waals surface area contributed by atoms with E-state index in [1.165, 1.54) is 0 Å². The van der Waals surface area contributed by atoms with Crippen LogP contribution < -0.4 is 5.32 Å². The lowest BCUT2D eigenvalue weighted by atomic mass is 10.1. The van der Waals surface area contributed by atoms with Crippen LogP contribution in [0.5, 0.6) is 0 Å². The number of rotatable bonds is 8. The van der Waals surface area contributed by atoms with Crippen LogP contribution in [-0.4, -0.2) is 40.4 Å². The number of nitrogens with zero attached hydrogens (tertiary/aromatic N) is 1. The molecule has 24 heavy (non-hydrogen) atoms. The molecule has 0 saturated carbocycles. The molecule has 2 N–H and O–H groups in total. The first-order valence-electron chi connectivity index (χ1n) is 8.02. The second-order valence-corrected chi connectivity index (χ2v) is 5.85. The lowest BCUT2D eigenvalue weighted by molar-refractivity contribution is -0.139. The average molecular weight is 330 g/mol. The lowest BCUT2D eigenvalue weighted by Crippen LogP contribution is -2.40. The predicted octanol–water partition coefficient (Wildman–Crippen LogP) is 1.96. The van der Waals surface area contributed by atoms with E-state index >= 15 is 0 Å². The zero-order valence-electron chi connectivity index (χ0n) is 13.5. The molecule has 1 aromatic rings. The Balaban J connectivity index is 1.95. The van der Waals surface area contributed by atoms with Gasteiger partial charge in [0.2, 0.25) is 5.91 Å². The fourth-order valence-corrected chi connectivity index (χ4v) is 2.64. The van der Waals surface area contributed by atoms with E-state index in [0.717, 1.165) is 18.5 Å². The quantitative estimate of drug-likeness (QED) is 0.713. The van der Waals surface area contributed by atoms with Crippen molar-refractivity contribution in [3.05, 3.63) is 48.0 Å². The number of benzene rings is 1. The van der Waals surface area contributed by atoms with Gasteiger partial charge in [-0.2, -0.15) is 0 Å². The fraction of sp³-hybridized carbons (Fsp3) is 0.389. The van der Waals surface area contributed by atoms with Gasteiger partial charge in [0.05, 0.1) is 0 Å². The van der Waals surface area contributed by atoms with Gasteiger partial charge in [0.25, 0.3) is 5.91 Å². The maximum Gasteiger partial charge on any atom is 0.326 e. The third-order valence-electron chi connectivity index (χ3n) is 4.02. The molecule has 1 aliphatic rings. The number of hydrogen-bond donors (Lipinski definition) is 2. The molecule has 0 aromatic heterocycles. The van der Waals surface area contributed by atoms with Gasteiger partial charge in [-0.1, -0.05) is 18.2 Å². The van der Waals surface area contributed by atoms with Crippen LogP contribution in [0.3, 0.4) is 0 Å². The Morgan fingerprint density at radius 1 is 1.33 bits per heavy atom. The SMILES string of the molecule is C=CCCC(NC(=O)c1ccc(CN2CCCC2=O)cc1)C(=O)O. The van der Waals surface area contributed by atoms with Gasteiger partial charge in [-0.05, 0) is 37.0 Å². The maximum absolute atomic E-state index is 12.2. The topological polar surface area (TPSA) is 86.7 Å². The number of likely N-dealkylation sites (tertiary alicyclic amines) is 1. The van der Waals surface area contributed by atoms with Crippen LogP contribution in [0.2, 0.25) is 0 Å². The number of aliphatic carboxylic acids is 1. The average Bonchev–Trinajstić information content (AvgIpc) is 2.96. The molecule has 6 heteroatoms. The Kier molecular flexibility index (Phi) is 6.12. The molecule has 1 saturated heterocycles. The second kappa shape index (κ2) is 8.29. The van der Waals surface area contributed by atoms with Gasteiger partial charge in [0.15, 0.2) is 0 Å². The summed E-state index contributed by atoms with van der Waals surface area (Å²) in [7, 11) is 0. The highest BCUT2D eigenvalue weighted by molar-refractivity contribution is 5.96. The standard InChI is InChI=1S/C18H22N2O4/c1-2-3-5-15(18(23)24)19-17(22)14-9-7-13(8-10-14)12-20-11-4-6-16(20)21/h2,7-10,15H,1,3-6,11-12H2,(H,19,22)(H,23,24). The van der Waals surface area contributed by atoms with Gasteiger partial charge in [-0.3, -0.25) is 9.59 Å².